The zero-order valence-electron chi connectivity index (χ0n) is 16.6. The van der Waals surface area contributed by atoms with Crippen molar-refractivity contribution < 1.29 is 27.0 Å². The number of nitrogen functional groups attached to an aromatic ring is 1. The molecule has 3 N–H and O–H groups in total. The minimum absolute atomic E-state index is 0.128. The lowest BCUT2D eigenvalue weighted by Gasteiger charge is -2.13. The lowest BCUT2D eigenvalue weighted by molar-refractivity contribution is -0.137. The van der Waals surface area contributed by atoms with Gasteiger partial charge in [0.2, 0.25) is 0 Å². The number of hydrogen-bond donors (Lipinski definition) is 2. The van der Waals surface area contributed by atoms with Gasteiger partial charge in [0.05, 0.1) is 38.2 Å². The molecule has 0 saturated carbocycles. The molecule has 0 aliphatic carbocycles. The number of alkyl halides is 3. The van der Waals surface area contributed by atoms with Gasteiger partial charge in [-0.15, -0.1) is 0 Å². The number of nitrogens with one attached hydrogen (secondary N) is 1. The minimum Gasteiger partial charge on any atom is -0.382 e. The van der Waals surface area contributed by atoms with Gasteiger partial charge in [-0.25, -0.2) is 9.79 Å². The van der Waals surface area contributed by atoms with Crippen molar-refractivity contribution in [3.8, 4) is 0 Å². The number of rotatable bonds is 3. The van der Waals surface area contributed by atoms with E-state index in [1.807, 2.05) is 0 Å². The number of aliphatic imine (C=N–C) groups is 1. The highest BCUT2D eigenvalue weighted by Crippen LogP contribution is 2.40. The molecule has 0 spiro atoms. The van der Waals surface area contributed by atoms with Gasteiger partial charge < -0.3 is 10.6 Å². The summed E-state index contributed by atoms with van der Waals surface area (Å²) in [5.74, 6) is -1.31. The van der Waals surface area contributed by atoms with Crippen LogP contribution in [-0.4, -0.2) is 32.2 Å². The Morgan fingerprint density at radius 1 is 1.21 bits per heavy atom. The van der Waals surface area contributed by atoms with Crippen LogP contribution in [0.4, 0.5) is 24.7 Å². The number of carbonyl (C=O) groups excluding carboxylic acids is 1. The maximum absolute atomic E-state index is 13.0. The van der Waals surface area contributed by atoms with Crippen molar-refractivity contribution in [3.05, 3.63) is 69.8 Å². The summed E-state index contributed by atoms with van der Waals surface area (Å²) < 4.78 is 51.8. The van der Waals surface area contributed by atoms with Crippen LogP contribution in [-0.2, 0) is 21.8 Å². The van der Waals surface area contributed by atoms with E-state index >= 15 is 0 Å². The zero-order chi connectivity index (χ0) is 24.3. The summed E-state index contributed by atoms with van der Waals surface area (Å²) in [6.45, 7) is 0. The largest absolute Gasteiger partial charge is 0.416 e. The van der Waals surface area contributed by atoms with Crippen molar-refractivity contribution in [1.29, 1.82) is 0 Å². The molecule has 0 fully saturated rings. The second-order valence-electron chi connectivity index (χ2n) is 6.34. The summed E-state index contributed by atoms with van der Waals surface area (Å²) >= 11 is 12.0. The monoisotopic (exact) mass is 519 g/mol. The Bertz CT molecular complexity index is 1230. The number of nitrogens with zero attached hydrogens (tertiary/aromatic N) is 3. The van der Waals surface area contributed by atoms with Gasteiger partial charge in [-0.2, -0.15) is 28.4 Å². The average Bonchev–Trinajstić information content (AvgIpc) is 3.14. The van der Waals surface area contributed by atoms with Crippen molar-refractivity contribution in [1.82, 2.24) is 15.3 Å². The molecule has 0 aliphatic heterocycles. The van der Waals surface area contributed by atoms with E-state index in [9.17, 15) is 22.2 Å². The molecule has 0 bridgehead atoms. The summed E-state index contributed by atoms with van der Waals surface area (Å²) in [5.41, 5.74) is 7.06. The summed E-state index contributed by atoms with van der Waals surface area (Å²) in [4.78, 5) is 21.5. The first-order valence-electron chi connectivity index (χ1n) is 8.83. The molecule has 1 unspecified atom stereocenters. The predicted octanol–water partition coefficient (Wildman–Crippen LogP) is 4.43. The minimum atomic E-state index is -4.69. The smallest absolute Gasteiger partial charge is 0.382 e. The van der Waals surface area contributed by atoms with Gasteiger partial charge in [0.1, 0.15) is 16.4 Å². The quantitative estimate of drug-likeness (QED) is 0.301. The SMILES string of the molecule is CS(=O)c1cnn(C(=Nc2c(Cl)cc(C(F)(F)F)cc2Cl)NOC(=O)c2ccccc2)c1N. The number of hydroxylamine groups is 1. The average molecular weight is 520 g/mol. The molecular formula is C19H14Cl2F3N5O3S. The van der Waals surface area contributed by atoms with Crippen LogP contribution in [0.1, 0.15) is 15.9 Å². The van der Waals surface area contributed by atoms with Gasteiger partial charge >= 0.3 is 12.1 Å². The topological polar surface area (TPSA) is 112 Å². The van der Waals surface area contributed by atoms with Gasteiger partial charge in [0.25, 0.3) is 5.96 Å². The van der Waals surface area contributed by atoms with Crippen molar-refractivity contribution in [3.63, 3.8) is 0 Å². The van der Waals surface area contributed by atoms with Crippen LogP contribution in [0.5, 0.6) is 0 Å². The van der Waals surface area contributed by atoms with Crippen LogP contribution in [0.2, 0.25) is 10.0 Å². The maximum Gasteiger partial charge on any atom is 0.416 e. The van der Waals surface area contributed by atoms with Crippen molar-refractivity contribution in [2.45, 2.75) is 11.1 Å². The van der Waals surface area contributed by atoms with Crippen molar-refractivity contribution in [2.75, 3.05) is 12.0 Å². The van der Waals surface area contributed by atoms with Gasteiger partial charge in [-0.1, -0.05) is 41.4 Å². The summed E-state index contributed by atoms with van der Waals surface area (Å²) in [6, 6.07) is 9.18. The summed E-state index contributed by atoms with van der Waals surface area (Å²) in [5, 5.41) is 3.08. The Morgan fingerprint density at radius 2 is 1.82 bits per heavy atom. The number of halogens is 5. The molecule has 3 aromatic rings. The molecule has 0 radical (unpaired) electrons. The van der Waals surface area contributed by atoms with Crippen LogP contribution >= 0.6 is 23.2 Å². The first-order chi connectivity index (χ1) is 15.5. The van der Waals surface area contributed by atoms with E-state index in [1.165, 1.54) is 24.6 Å². The third-order valence-electron chi connectivity index (χ3n) is 4.09. The van der Waals surface area contributed by atoms with E-state index in [0.29, 0.717) is 12.1 Å². The molecule has 0 aliphatic rings. The van der Waals surface area contributed by atoms with E-state index in [4.69, 9.17) is 33.8 Å². The molecule has 1 aromatic heterocycles. The second kappa shape index (κ2) is 9.81. The molecule has 3 rings (SSSR count). The first-order valence-corrected chi connectivity index (χ1v) is 11.1. The van der Waals surface area contributed by atoms with Crippen LogP contribution in [0.3, 0.4) is 0 Å². The highest BCUT2D eigenvalue weighted by Gasteiger charge is 2.32. The Kier molecular flexibility index (Phi) is 7.30. The number of aromatic nitrogens is 2. The number of benzene rings is 2. The van der Waals surface area contributed by atoms with E-state index in [2.05, 4.69) is 15.6 Å². The predicted molar refractivity (Wildman–Crippen MR) is 118 cm³/mol. The standard InChI is InChI=1S/C19H14Cl2F3N5O3S/c1-33(31)14-9-26-29(16(14)25)18(28-32-17(30)10-5-3-2-4-6-10)27-15-12(20)7-11(8-13(15)21)19(22,23)24/h2-9H,25H2,1H3,(H,27,28). The third kappa shape index (κ3) is 5.64. The molecule has 33 heavy (non-hydrogen) atoms. The highest BCUT2D eigenvalue weighted by atomic mass is 35.5. The third-order valence-corrected chi connectivity index (χ3v) is 5.60. The maximum atomic E-state index is 13.0. The van der Waals surface area contributed by atoms with Crippen molar-refractivity contribution >= 4 is 57.4 Å². The molecule has 1 atom stereocenters. The molecule has 0 saturated heterocycles. The van der Waals surface area contributed by atoms with Crippen LogP contribution < -0.4 is 11.2 Å². The number of hydrogen-bond acceptors (Lipinski definition) is 6. The molecule has 174 valence electrons. The molecular weight excluding hydrogens is 506 g/mol. The Balaban J connectivity index is 2.05. The normalized spacial score (nSPS) is 13.0. The summed E-state index contributed by atoms with van der Waals surface area (Å²) in [7, 11) is -1.52. The Hall–Kier alpha value is -3.09. The molecule has 2 aromatic carbocycles. The van der Waals surface area contributed by atoms with Crippen LogP contribution in [0.15, 0.2) is 58.5 Å². The Morgan fingerprint density at radius 3 is 2.33 bits per heavy atom. The highest BCUT2D eigenvalue weighted by molar-refractivity contribution is 7.84. The van der Waals surface area contributed by atoms with Crippen LogP contribution in [0.25, 0.3) is 0 Å². The van der Waals surface area contributed by atoms with E-state index in [1.54, 1.807) is 18.2 Å². The number of carbonyl (C=O) groups is 1. The second-order valence-corrected chi connectivity index (χ2v) is 8.50. The fourth-order valence-electron chi connectivity index (χ4n) is 2.51. The lowest BCUT2D eigenvalue weighted by atomic mass is 10.2. The molecule has 1 heterocycles. The summed E-state index contributed by atoms with van der Waals surface area (Å²) in [6.07, 6.45) is -2.13. The van der Waals surface area contributed by atoms with Gasteiger partial charge in [0, 0.05) is 6.26 Å². The first kappa shape index (κ1) is 24.6. The Labute approximate surface area is 197 Å². The van der Waals surface area contributed by atoms with Crippen molar-refractivity contribution in [2.24, 2.45) is 4.99 Å². The molecule has 0 amide bonds. The van der Waals surface area contributed by atoms with Gasteiger partial charge in [-0.3, -0.25) is 4.21 Å². The van der Waals surface area contributed by atoms with E-state index in [0.717, 1.165) is 4.68 Å². The number of anilines is 1. The van der Waals surface area contributed by atoms with E-state index < -0.39 is 38.6 Å². The fourth-order valence-corrected chi connectivity index (χ4v) is 3.66. The number of nitrogens with two attached hydrogens (primary N) is 1. The molecule has 14 heteroatoms. The molecule has 8 nitrogen and oxygen atoms in total. The zero-order valence-corrected chi connectivity index (χ0v) is 18.9. The van der Waals surface area contributed by atoms with Crippen LogP contribution in [0, 0.1) is 0 Å². The van der Waals surface area contributed by atoms with Gasteiger partial charge in [0.15, 0.2) is 0 Å². The van der Waals surface area contributed by atoms with E-state index in [-0.39, 0.29) is 27.9 Å². The van der Waals surface area contributed by atoms with Gasteiger partial charge in [-0.05, 0) is 24.3 Å². The lowest BCUT2D eigenvalue weighted by Crippen LogP contribution is -2.34. The fraction of sp³-hybridized carbons (Fsp3) is 0.105.